The van der Waals surface area contributed by atoms with Gasteiger partial charge >= 0.3 is 0 Å². The molecule has 1 aromatic heterocycles. The van der Waals surface area contributed by atoms with Gasteiger partial charge in [0.25, 0.3) is 11.5 Å². The molecule has 1 amide bonds. The third kappa shape index (κ3) is 4.03. The number of nitrogens with zero attached hydrogens (tertiary/aromatic N) is 1. The van der Waals surface area contributed by atoms with E-state index in [1.165, 1.54) is 10.7 Å². The van der Waals surface area contributed by atoms with Gasteiger partial charge in [0, 0.05) is 12.1 Å². The molecule has 1 fully saturated rings. The van der Waals surface area contributed by atoms with Crippen LogP contribution in [0.15, 0.2) is 35.1 Å². The molecule has 0 aliphatic carbocycles. The molecule has 124 valence electrons. The van der Waals surface area contributed by atoms with Gasteiger partial charge in [-0.15, -0.1) is 12.4 Å². The predicted molar refractivity (Wildman–Crippen MR) is 91.7 cm³/mol. The lowest BCUT2D eigenvalue weighted by atomic mass is 10.1. The Morgan fingerprint density at radius 3 is 2.52 bits per heavy atom. The first-order valence-corrected chi connectivity index (χ1v) is 7.54. The summed E-state index contributed by atoms with van der Waals surface area (Å²) >= 11 is 0. The van der Waals surface area contributed by atoms with Gasteiger partial charge < -0.3 is 10.6 Å². The van der Waals surface area contributed by atoms with Crippen LogP contribution < -0.4 is 16.2 Å². The zero-order valence-electron chi connectivity index (χ0n) is 13.0. The summed E-state index contributed by atoms with van der Waals surface area (Å²) in [5.41, 5.74) is 1.90. The Morgan fingerprint density at radius 1 is 1.22 bits per heavy atom. The van der Waals surface area contributed by atoms with Gasteiger partial charge in [0.1, 0.15) is 5.69 Å². The summed E-state index contributed by atoms with van der Waals surface area (Å²) in [6.07, 6.45) is 1.82. The van der Waals surface area contributed by atoms with Crippen LogP contribution >= 0.6 is 12.4 Å². The van der Waals surface area contributed by atoms with Crippen LogP contribution in [0.25, 0.3) is 5.69 Å². The van der Waals surface area contributed by atoms with Crippen LogP contribution in [0.3, 0.4) is 0 Å². The quantitative estimate of drug-likeness (QED) is 0.792. The van der Waals surface area contributed by atoms with E-state index in [2.05, 4.69) is 15.7 Å². The summed E-state index contributed by atoms with van der Waals surface area (Å²) in [7, 11) is 0. The number of aryl methyl sites for hydroxylation is 1. The highest BCUT2D eigenvalue weighted by Crippen LogP contribution is 2.07. The van der Waals surface area contributed by atoms with E-state index >= 15 is 0 Å². The number of nitrogens with one attached hydrogen (secondary N) is 3. The number of aromatic nitrogens is 2. The second-order valence-electron chi connectivity index (χ2n) is 5.68. The molecule has 7 heteroatoms. The molecule has 3 rings (SSSR count). The number of halogens is 1. The fraction of sp³-hybridized carbons (Fsp3) is 0.375. The smallest absolute Gasteiger partial charge is 0.271 e. The first kappa shape index (κ1) is 17.3. The minimum atomic E-state index is -0.237. The van der Waals surface area contributed by atoms with Crippen LogP contribution in [0.1, 0.15) is 28.9 Å². The molecule has 1 aliphatic rings. The molecule has 0 spiro atoms. The molecule has 0 saturated carbocycles. The number of benzene rings is 1. The number of aromatic amines is 1. The zero-order valence-corrected chi connectivity index (χ0v) is 13.8. The Kier molecular flexibility index (Phi) is 5.63. The highest BCUT2D eigenvalue weighted by atomic mass is 35.5. The normalized spacial score (nSPS) is 15.0. The minimum Gasteiger partial charge on any atom is -0.348 e. The minimum absolute atomic E-state index is 0. The number of hydrogen-bond donors (Lipinski definition) is 3. The maximum atomic E-state index is 12.2. The van der Waals surface area contributed by atoms with Crippen molar-refractivity contribution in [2.24, 2.45) is 0 Å². The van der Waals surface area contributed by atoms with E-state index < -0.39 is 0 Å². The van der Waals surface area contributed by atoms with E-state index in [4.69, 9.17) is 0 Å². The van der Waals surface area contributed by atoms with Crippen LogP contribution in [0, 0.1) is 6.92 Å². The van der Waals surface area contributed by atoms with Gasteiger partial charge in [-0.3, -0.25) is 14.7 Å². The Labute approximate surface area is 140 Å². The molecule has 6 nitrogen and oxygen atoms in total. The molecule has 1 aliphatic heterocycles. The largest absolute Gasteiger partial charge is 0.348 e. The van der Waals surface area contributed by atoms with Gasteiger partial charge in [-0.2, -0.15) is 0 Å². The van der Waals surface area contributed by atoms with Gasteiger partial charge in [-0.25, -0.2) is 4.68 Å². The second kappa shape index (κ2) is 7.48. The third-order valence-electron chi connectivity index (χ3n) is 3.93. The van der Waals surface area contributed by atoms with Crippen LogP contribution in [0.4, 0.5) is 0 Å². The third-order valence-corrected chi connectivity index (χ3v) is 3.93. The van der Waals surface area contributed by atoms with Crippen molar-refractivity contribution in [3.63, 3.8) is 0 Å². The van der Waals surface area contributed by atoms with Crippen LogP contribution in [-0.4, -0.2) is 34.8 Å². The molecule has 3 N–H and O–H groups in total. The number of piperidine rings is 1. The summed E-state index contributed by atoms with van der Waals surface area (Å²) in [4.78, 5) is 24.3. The molecule has 0 unspecified atom stereocenters. The number of H-pyrrole nitrogens is 1. The lowest BCUT2D eigenvalue weighted by Crippen LogP contribution is -2.42. The van der Waals surface area contributed by atoms with Crippen molar-refractivity contribution in [1.29, 1.82) is 0 Å². The second-order valence-corrected chi connectivity index (χ2v) is 5.68. The van der Waals surface area contributed by atoms with Gasteiger partial charge in [0.15, 0.2) is 0 Å². The van der Waals surface area contributed by atoms with E-state index in [0.717, 1.165) is 37.2 Å². The van der Waals surface area contributed by atoms with E-state index in [1.54, 1.807) is 0 Å². The molecule has 23 heavy (non-hydrogen) atoms. The molecule has 1 aromatic carbocycles. The molecule has 0 atom stereocenters. The lowest BCUT2D eigenvalue weighted by molar-refractivity contribution is 0.0924. The van der Waals surface area contributed by atoms with Crippen molar-refractivity contribution >= 4 is 18.3 Å². The molecular weight excluding hydrogens is 316 g/mol. The van der Waals surface area contributed by atoms with Crippen molar-refractivity contribution in [3.8, 4) is 5.69 Å². The average Bonchev–Trinajstić information content (AvgIpc) is 2.91. The number of carbonyl (C=O) groups excluding carboxylic acids is 1. The standard InChI is InChI=1S/C16H20N4O2.ClH/c1-11-2-4-13(5-3-11)20-15(21)10-14(19-20)16(22)18-12-6-8-17-9-7-12;/h2-5,10,12,17,19H,6-9H2,1H3,(H,18,22);1H. The number of rotatable bonds is 3. The van der Waals surface area contributed by atoms with Crippen LogP contribution in [0.5, 0.6) is 0 Å². The Bertz CT molecular complexity index is 714. The van der Waals surface area contributed by atoms with E-state index in [-0.39, 0.29) is 29.9 Å². The van der Waals surface area contributed by atoms with Crippen molar-refractivity contribution < 1.29 is 4.79 Å². The maximum Gasteiger partial charge on any atom is 0.271 e. The highest BCUT2D eigenvalue weighted by molar-refractivity contribution is 5.92. The van der Waals surface area contributed by atoms with Gasteiger partial charge in [0.2, 0.25) is 0 Å². The van der Waals surface area contributed by atoms with Crippen molar-refractivity contribution in [2.45, 2.75) is 25.8 Å². The zero-order chi connectivity index (χ0) is 15.5. The first-order chi connectivity index (χ1) is 10.6. The maximum absolute atomic E-state index is 12.2. The average molecular weight is 337 g/mol. The Morgan fingerprint density at radius 2 is 1.87 bits per heavy atom. The van der Waals surface area contributed by atoms with Crippen LogP contribution in [0.2, 0.25) is 0 Å². The molecule has 1 saturated heterocycles. The fourth-order valence-corrected chi connectivity index (χ4v) is 2.63. The summed E-state index contributed by atoms with van der Waals surface area (Å²) in [6, 6.07) is 9.06. The highest BCUT2D eigenvalue weighted by Gasteiger charge is 2.18. The number of hydrogen-bond acceptors (Lipinski definition) is 3. The Balaban J connectivity index is 0.00000192. The predicted octanol–water partition coefficient (Wildman–Crippen LogP) is 1.38. The molecule has 2 aromatic rings. The van der Waals surface area contributed by atoms with Crippen LogP contribution in [-0.2, 0) is 0 Å². The summed E-state index contributed by atoms with van der Waals surface area (Å²) in [6.45, 7) is 3.80. The number of carbonyl (C=O) groups is 1. The molecule has 2 heterocycles. The van der Waals surface area contributed by atoms with Gasteiger partial charge in [-0.05, 0) is 45.0 Å². The molecule has 0 bridgehead atoms. The first-order valence-electron chi connectivity index (χ1n) is 7.54. The van der Waals surface area contributed by atoms with Crippen molar-refractivity contribution in [2.75, 3.05) is 13.1 Å². The van der Waals surface area contributed by atoms with Gasteiger partial charge in [-0.1, -0.05) is 17.7 Å². The van der Waals surface area contributed by atoms with E-state index in [9.17, 15) is 9.59 Å². The fourth-order valence-electron chi connectivity index (χ4n) is 2.63. The van der Waals surface area contributed by atoms with Crippen molar-refractivity contribution in [1.82, 2.24) is 20.4 Å². The monoisotopic (exact) mass is 336 g/mol. The summed E-state index contributed by atoms with van der Waals surface area (Å²) in [5.74, 6) is -0.227. The summed E-state index contributed by atoms with van der Waals surface area (Å²) in [5, 5.41) is 9.11. The summed E-state index contributed by atoms with van der Waals surface area (Å²) < 4.78 is 1.39. The molecular formula is C16H21ClN4O2. The molecule has 0 radical (unpaired) electrons. The van der Waals surface area contributed by atoms with E-state index in [0.29, 0.717) is 5.69 Å². The topological polar surface area (TPSA) is 78.9 Å². The number of amides is 1. The SMILES string of the molecule is Cc1ccc(-n2[nH]c(C(=O)NC3CCNCC3)cc2=O)cc1.Cl. The van der Waals surface area contributed by atoms with Crippen molar-refractivity contribution in [3.05, 3.63) is 51.9 Å². The lowest BCUT2D eigenvalue weighted by Gasteiger charge is -2.23. The Hall–Kier alpha value is -2.05. The van der Waals surface area contributed by atoms with E-state index in [1.807, 2.05) is 31.2 Å². The van der Waals surface area contributed by atoms with Gasteiger partial charge in [0.05, 0.1) is 5.69 Å².